The van der Waals surface area contributed by atoms with E-state index in [2.05, 4.69) is 54.8 Å². The summed E-state index contributed by atoms with van der Waals surface area (Å²) in [6.07, 6.45) is 0.434. The predicted molar refractivity (Wildman–Crippen MR) is 162 cm³/mol. The van der Waals surface area contributed by atoms with Gasteiger partial charge in [0.25, 0.3) is 5.56 Å². The van der Waals surface area contributed by atoms with E-state index in [-0.39, 0.29) is 24.4 Å². The minimum Gasteiger partial charge on any atom is -0.411 e. The monoisotopic (exact) mass is 683 g/mol. The Bertz CT molecular complexity index is 1200. The zero-order valence-corrected chi connectivity index (χ0v) is 29.2. The number of rotatable bonds is 13. The SMILES string of the molecule is Cc1cn([C@H]2C[C@H](O[Si](C)(C)C(C)(C)C)[C@@H](COP(=O)(OCCC3COC(C)(C)O3)N(C)CCBr)O2)c(=O)[nH]c1=O. The molecule has 0 aliphatic carbocycles. The molecule has 0 saturated carbocycles. The minimum atomic E-state index is -3.73. The largest absolute Gasteiger partial charge is 0.411 e. The number of aryl methyl sites for hydroxylation is 1. The van der Waals surface area contributed by atoms with Gasteiger partial charge in [0, 0.05) is 30.1 Å². The van der Waals surface area contributed by atoms with Crippen LogP contribution in [0.25, 0.3) is 0 Å². The molecule has 1 N–H and O–H groups in total. The molecule has 0 bridgehead atoms. The molecule has 5 atom stereocenters. The van der Waals surface area contributed by atoms with E-state index in [1.807, 2.05) is 13.8 Å². The molecule has 1 aromatic heterocycles. The highest BCUT2D eigenvalue weighted by molar-refractivity contribution is 9.09. The summed E-state index contributed by atoms with van der Waals surface area (Å²) in [5.41, 5.74) is -0.612. The quantitative estimate of drug-likeness (QED) is 0.180. The number of nitrogens with zero attached hydrogens (tertiary/aromatic N) is 2. The molecular weight excluding hydrogens is 637 g/mol. The van der Waals surface area contributed by atoms with Crippen LogP contribution in [0.1, 0.15) is 59.3 Å². The molecule has 0 aromatic carbocycles. The summed E-state index contributed by atoms with van der Waals surface area (Å²) in [6.45, 7) is 17.0. The number of hydrogen-bond donors (Lipinski definition) is 1. The minimum absolute atomic E-state index is 0.0724. The van der Waals surface area contributed by atoms with Crippen molar-refractivity contribution in [2.24, 2.45) is 0 Å². The molecule has 0 radical (unpaired) electrons. The van der Waals surface area contributed by atoms with Crippen LogP contribution in [-0.2, 0) is 32.2 Å². The van der Waals surface area contributed by atoms with Gasteiger partial charge in [-0.2, -0.15) is 0 Å². The molecule has 12 nitrogen and oxygen atoms in total. The van der Waals surface area contributed by atoms with Gasteiger partial charge >= 0.3 is 13.4 Å². The van der Waals surface area contributed by atoms with Gasteiger partial charge in [0.05, 0.1) is 32.0 Å². The van der Waals surface area contributed by atoms with E-state index in [1.54, 1.807) is 18.6 Å². The van der Waals surface area contributed by atoms with Crippen molar-refractivity contribution in [2.75, 3.05) is 38.7 Å². The van der Waals surface area contributed by atoms with E-state index in [0.29, 0.717) is 36.9 Å². The van der Waals surface area contributed by atoms with Crippen LogP contribution >= 0.6 is 23.7 Å². The predicted octanol–water partition coefficient (Wildman–Crippen LogP) is 4.53. The standard InChI is InChI=1S/C26H47BrN3O9PSi/c1-18-15-30(24(32)28-23(18)31)22-14-20(39-41(8,9)25(2,3)4)21(37-22)17-36-40(33,29(7)12-11-27)35-13-10-19-16-34-26(5,6)38-19/h15,19-22H,10-14,16-17H2,1-9H3,(H,28,31,32)/t19?,20-,21+,22+,40?/m0/s1. The van der Waals surface area contributed by atoms with Crippen LogP contribution < -0.4 is 11.2 Å². The second kappa shape index (κ2) is 13.5. The Kier molecular flexibility index (Phi) is 11.5. The normalized spacial score (nSPS) is 26.5. The van der Waals surface area contributed by atoms with Crippen LogP contribution in [0.3, 0.4) is 0 Å². The molecule has 2 aliphatic heterocycles. The first kappa shape index (κ1) is 34.8. The van der Waals surface area contributed by atoms with Crippen molar-refractivity contribution in [1.29, 1.82) is 0 Å². The van der Waals surface area contributed by atoms with Crippen LogP contribution in [0.15, 0.2) is 15.8 Å². The van der Waals surface area contributed by atoms with Crippen molar-refractivity contribution in [3.63, 3.8) is 0 Å². The van der Waals surface area contributed by atoms with Crippen molar-refractivity contribution >= 4 is 32.0 Å². The molecule has 0 spiro atoms. The molecule has 2 unspecified atom stereocenters. The van der Waals surface area contributed by atoms with Gasteiger partial charge < -0.3 is 18.6 Å². The third-order valence-electron chi connectivity index (χ3n) is 7.88. The van der Waals surface area contributed by atoms with Crippen LogP contribution in [-0.4, -0.2) is 85.4 Å². The zero-order chi connectivity index (χ0) is 30.8. The first-order valence-corrected chi connectivity index (χ1v) is 19.5. The van der Waals surface area contributed by atoms with Gasteiger partial charge in [-0.3, -0.25) is 23.4 Å². The number of halogens is 1. The summed E-state index contributed by atoms with van der Waals surface area (Å²) < 4.78 is 53.4. The molecule has 1 aromatic rings. The molecular formula is C26H47BrN3O9PSi. The first-order valence-electron chi connectivity index (χ1n) is 14.0. The van der Waals surface area contributed by atoms with Crippen LogP contribution in [0.5, 0.6) is 0 Å². The Hall–Kier alpha value is -0.673. The summed E-state index contributed by atoms with van der Waals surface area (Å²) in [7, 11) is -4.30. The van der Waals surface area contributed by atoms with Crippen molar-refractivity contribution in [3.05, 3.63) is 32.6 Å². The molecule has 15 heteroatoms. The fraction of sp³-hybridized carbons (Fsp3) is 0.846. The summed E-state index contributed by atoms with van der Waals surface area (Å²) >= 11 is 3.40. The van der Waals surface area contributed by atoms with E-state index < -0.39 is 51.5 Å². The van der Waals surface area contributed by atoms with Crippen LogP contribution in [0.2, 0.25) is 18.1 Å². The zero-order valence-electron chi connectivity index (χ0n) is 25.7. The lowest BCUT2D eigenvalue weighted by Gasteiger charge is -2.39. The Balaban J connectivity index is 1.79. The van der Waals surface area contributed by atoms with Crippen molar-refractivity contribution in [2.45, 2.75) is 103 Å². The fourth-order valence-electron chi connectivity index (χ4n) is 4.35. The van der Waals surface area contributed by atoms with Crippen molar-refractivity contribution in [1.82, 2.24) is 14.2 Å². The molecule has 3 heterocycles. The number of nitrogens with one attached hydrogen (secondary N) is 1. The number of aromatic amines is 1. The maximum absolute atomic E-state index is 14.0. The van der Waals surface area contributed by atoms with E-state index in [9.17, 15) is 14.2 Å². The Morgan fingerprint density at radius 1 is 1.27 bits per heavy atom. The third-order valence-corrected chi connectivity index (χ3v) is 14.8. The third kappa shape index (κ3) is 8.93. The van der Waals surface area contributed by atoms with Gasteiger partial charge in [-0.25, -0.2) is 14.0 Å². The smallest absolute Gasteiger partial charge is 0.408 e. The van der Waals surface area contributed by atoms with Crippen LogP contribution in [0.4, 0.5) is 0 Å². The molecule has 2 aliphatic rings. The fourth-order valence-corrected chi connectivity index (χ4v) is 8.00. The Labute approximate surface area is 252 Å². The topological polar surface area (TPSA) is 131 Å². The lowest BCUT2D eigenvalue weighted by Crippen LogP contribution is -2.46. The highest BCUT2D eigenvalue weighted by Crippen LogP contribution is 2.52. The second-order valence-electron chi connectivity index (χ2n) is 12.7. The van der Waals surface area contributed by atoms with Crippen LogP contribution in [0, 0.1) is 6.92 Å². The number of hydrogen-bond acceptors (Lipinski definition) is 9. The Morgan fingerprint density at radius 2 is 1.95 bits per heavy atom. The molecule has 236 valence electrons. The van der Waals surface area contributed by atoms with Gasteiger partial charge in [0.15, 0.2) is 14.1 Å². The highest BCUT2D eigenvalue weighted by atomic mass is 79.9. The maximum atomic E-state index is 14.0. The van der Waals surface area contributed by atoms with Crippen molar-refractivity contribution < 1.29 is 32.2 Å². The van der Waals surface area contributed by atoms with Gasteiger partial charge in [0.1, 0.15) is 12.3 Å². The van der Waals surface area contributed by atoms with Gasteiger partial charge in [-0.05, 0) is 52.4 Å². The van der Waals surface area contributed by atoms with Gasteiger partial charge in [-0.15, -0.1) is 0 Å². The average molecular weight is 685 g/mol. The molecule has 41 heavy (non-hydrogen) atoms. The van der Waals surface area contributed by atoms with E-state index in [0.717, 1.165) is 0 Å². The van der Waals surface area contributed by atoms with E-state index in [4.69, 9.17) is 27.7 Å². The molecule has 3 rings (SSSR count). The molecule has 0 amide bonds. The van der Waals surface area contributed by atoms with Gasteiger partial charge in [0.2, 0.25) is 0 Å². The van der Waals surface area contributed by atoms with Crippen molar-refractivity contribution in [3.8, 4) is 0 Å². The number of alkyl halides is 1. The summed E-state index contributed by atoms with van der Waals surface area (Å²) in [6, 6.07) is 0. The van der Waals surface area contributed by atoms with E-state index >= 15 is 0 Å². The highest BCUT2D eigenvalue weighted by Gasteiger charge is 2.46. The summed E-state index contributed by atoms with van der Waals surface area (Å²) in [4.78, 5) is 26.9. The number of H-pyrrole nitrogens is 1. The first-order chi connectivity index (χ1) is 18.9. The number of aromatic nitrogens is 2. The lowest BCUT2D eigenvalue weighted by molar-refractivity contribution is -0.139. The average Bonchev–Trinajstić information content (AvgIpc) is 3.41. The van der Waals surface area contributed by atoms with Gasteiger partial charge in [-0.1, -0.05) is 36.7 Å². The number of ether oxygens (including phenoxy) is 3. The summed E-state index contributed by atoms with van der Waals surface area (Å²) in [5, 5.41) is 0.499. The molecule has 2 saturated heterocycles. The van der Waals surface area contributed by atoms with E-state index in [1.165, 1.54) is 10.8 Å². The summed E-state index contributed by atoms with van der Waals surface area (Å²) in [5.74, 6) is -0.653. The molecule has 2 fully saturated rings. The Morgan fingerprint density at radius 3 is 2.54 bits per heavy atom. The lowest BCUT2D eigenvalue weighted by atomic mass is 10.2. The second-order valence-corrected chi connectivity index (χ2v) is 20.4. The maximum Gasteiger partial charge on any atom is 0.408 e.